The fourth-order valence-corrected chi connectivity index (χ4v) is 2.10. The van der Waals surface area contributed by atoms with Gasteiger partial charge in [-0.15, -0.1) is 0 Å². The SMILES string of the molecule is COC(=O)c1cc(NC(=O)NCc2ccccc2OC)c(F)cc1F. The maximum absolute atomic E-state index is 13.8. The lowest BCUT2D eigenvalue weighted by Crippen LogP contribution is -2.29. The Morgan fingerprint density at radius 1 is 1.08 bits per heavy atom. The Labute approximate surface area is 142 Å². The molecule has 0 unspecified atom stereocenters. The number of nitrogens with one attached hydrogen (secondary N) is 2. The van der Waals surface area contributed by atoms with Crippen LogP contribution in [0.1, 0.15) is 15.9 Å². The van der Waals surface area contributed by atoms with E-state index in [4.69, 9.17) is 4.74 Å². The van der Waals surface area contributed by atoms with Gasteiger partial charge in [0.1, 0.15) is 17.4 Å². The Hall–Kier alpha value is -3.16. The van der Waals surface area contributed by atoms with Crippen LogP contribution in [-0.2, 0) is 11.3 Å². The van der Waals surface area contributed by atoms with Crippen molar-refractivity contribution in [3.8, 4) is 5.75 Å². The average molecular weight is 350 g/mol. The van der Waals surface area contributed by atoms with Crippen molar-refractivity contribution in [2.24, 2.45) is 0 Å². The van der Waals surface area contributed by atoms with Gasteiger partial charge < -0.3 is 20.1 Å². The highest BCUT2D eigenvalue weighted by molar-refractivity contribution is 5.94. The molecular formula is C17H16F2N2O4. The fourth-order valence-electron chi connectivity index (χ4n) is 2.10. The van der Waals surface area contributed by atoms with E-state index in [0.717, 1.165) is 18.7 Å². The van der Waals surface area contributed by atoms with Crippen LogP contribution in [0.4, 0.5) is 19.3 Å². The third kappa shape index (κ3) is 4.43. The van der Waals surface area contributed by atoms with Gasteiger partial charge in [0.25, 0.3) is 0 Å². The van der Waals surface area contributed by atoms with E-state index >= 15 is 0 Å². The van der Waals surface area contributed by atoms with Crippen LogP contribution in [0.25, 0.3) is 0 Å². The topological polar surface area (TPSA) is 76.7 Å². The average Bonchev–Trinajstić information content (AvgIpc) is 2.61. The molecule has 0 bridgehead atoms. The normalized spacial score (nSPS) is 10.1. The van der Waals surface area contributed by atoms with Crippen molar-refractivity contribution < 1.29 is 27.8 Å². The molecule has 2 amide bonds. The van der Waals surface area contributed by atoms with Crippen LogP contribution in [0.2, 0.25) is 0 Å². The number of methoxy groups -OCH3 is 2. The first-order valence-corrected chi connectivity index (χ1v) is 7.20. The molecule has 0 radical (unpaired) electrons. The summed E-state index contributed by atoms with van der Waals surface area (Å²) in [6.45, 7) is 0.127. The van der Waals surface area contributed by atoms with Crippen molar-refractivity contribution in [3.63, 3.8) is 0 Å². The molecule has 0 aromatic heterocycles. The molecule has 6 nitrogen and oxygen atoms in total. The third-order valence-corrected chi connectivity index (χ3v) is 3.34. The molecule has 2 aromatic carbocycles. The number of carbonyl (C=O) groups is 2. The minimum Gasteiger partial charge on any atom is -0.496 e. The molecule has 8 heteroatoms. The second kappa shape index (κ2) is 8.09. The smallest absolute Gasteiger partial charge is 0.340 e. The maximum Gasteiger partial charge on any atom is 0.340 e. The summed E-state index contributed by atoms with van der Waals surface area (Å²) in [6.07, 6.45) is 0. The lowest BCUT2D eigenvalue weighted by atomic mass is 10.1. The number of hydrogen-bond donors (Lipinski definition) is 2. The Kier molecular flexibility index (Phi) is 5.89. The van der Waals surface area contributed by atoms with Gasteiger partial charge in [-0.2, -0.15) is 0 Å². The van der Waals surface area contributed by atoms with Gasteiger partial charge in [-0.3, -0.25) is 0 Å². The van der Waals surface area contributed by atoms with E-state index in [9.17, 15) is 18.4 Å². The molecule has 25 heavy (non-hydrogen) atoms. The lowest BCUT2D eigenvalue weighted by Gasteiger charge is -2.12. The number of hydrogen-bond acceptors (Lipinski definition) is 4. The Morgan fingerprint density at radius 2 is 1.80 bits per heavy atom. The highest BCUT2D eigenvalue weighted by Crippen LogP contribution is 2.21. The van der Waals surface area contributed by atoms with E-state index < -0.39 is 29.2 Å². The van der Waals surface area contributed by atoms with E-state index in [-0.39, 0.29) is 12.2 Å². The fraction of sp³-hybridized carbons (Fsp3) is 0.176. The monoisotopic (exact) mass is 350 g/mol. The van der Waals surface area contributed by atoms with Gasteiger partial charge in [-0.05, 0) is 12.1 Å². The summed E-state index contributed by atoms with van der Waals surface area (Å²) in [5.41, 5.74) is -0.113. The van der Waals surface area contributed by atoms with E-state index in [1.165, 1.54) is 7.11 Å². The van der Waals surface area contributed by atoms with Crippen LogP contribution >= 0.6 is 0 Å². The van der Waals surface area contributed by atoms with Crippen LogP contribution in [-0.4, -0.2) is 26.2 Å². The second-order valence-electron chi connectivity index (χ2n) is 4.92. The molecule has 2 N–H and O–H groups in total. The second-order valence-corrected chi connectivity index (χ2v) is 4.92. The zero-order valence-corrected chi connectivity index (χ0v) is 13.6. The largest absolute Gasteiger partial charge is 0.496 e. The lowest BCUT2D eigenvalue weighted by molar-refractivity contribution is 0.0595. The predicted octanol–water partition coefficient (Wildman–Crippen LogP) is 3.08. The van der Waals surface area contributed by atoms with Gasteiger partial charge in [0.15, 0.2) is 0 Å². The molecule has 0 aliphatic heterocycles. The van der Waals surface area contributed by atoms with Crippen LogP contribution in [0, 0.1) is 11.6 Å². The molecule has 0 aliphatic carbocycles. The minimum absolute atomic E-state index is 0.127. The summed E-state index contributed by atoms with van der Waals surface area (Å²) in [5, 5.41) is 4.74. The predicted molar refractivity (Wildman–Crippen MR) is 86.5 cm³/mol. The first-order valence-electron chi connectivity index (χ1n) is 7.20. The van der Waals surface area contributed by atoms with Crippen LogP contribution in [0.15, 0.2) is 36.4 Å². The van der Waals surface area contributed by atoms with Crippen molar-refractivity contribution in [3.05, 3.63) is 59.2 Å². The first kappa shape index (κ1) is 18.2. The number of benzene rings is 2. The maximum atomic E-state index is 13.8. The van der Waals surface area contributed by atoms with Crippen molar-refractivity contribution in [2.45, 2.75) is 6.54 Å². The van der Waals surface area contributed by atoms with Gasteiger partial charge in [0.05, 0.1) is 25.5 Å². The Morgan fingerprint density at radius 3 is 2.48 bits per heavy atom. The zero-order chi connectivity index (χ0) is 18.4. The van der Waals surface area contributed by atoms with Crippen LogP contribution in [0.5, 0.6) is 5.75 Å². The van der Waals surface area contributed by atoms with Gasteiger partial charge >= 0.3 is 12.0 Å². The Balaban J connectivity index is 2.09. The highest BCUT2D eigenvalue weighted by Gasteiger charge is 2.17. The molecule has 2 rings (SSSR count). The number of esters is 1. The van der Waals surface area contributed by atoms with Crippen LogP contribution in [0.3, 0.4) is 0 Å². The summed E-state index contributed by atoms with van der Waals surface area (Å²) in [6, 6.07) is 7.70. The molecule has 132 valence electrons. The summed E-state index contributed by atoms with van der Waals surface area (Å²) in [7, 11) is 2.57. The molecule has 0 saturated heterocycles. The number of amides is 2. The number of ether oxygens (including phenoxy) is 2. The molecule has 0 atom stereocenters. The molecule has 0 aliphatic rings. The summed E-state index contributed by atoms with van der Waals surface area (Å²) < 4.78 is 36.9. The molecule has 0 saturated carbocycles. The van der Waals surface area contributed by atoms with E-state index in [1.807, 2.05) is 0 Å². The number of para-hydroxylation sites is 1. The summed E-state index contributed by atoms with van der Waals surface area (Å²) in [4.78, 5) is 23.4. The van der Waals surface area contributed by atoms with E-state index in [2.05, 4.69) is 15.4 Å². The van der Waals surface area contributed by atoms with Crippen molar-refractivity contribution in [1.82, 2.24) is 5.32 Å². The molecule has 2 aromatic rings. The molecular weight excluding hydrogens is 334 g/mol. The number of rotatable bonds is 5. The van der Waals surface area contributed by atoms with E-state index in [0.29, 0.717) is 11.8 Å². The summed E-state index contributed by atoms with van der Waals surface area (Å²) in [5.74, 6) is -2.49. The molecule has 0 spiro atoms. The van der Waals surface area contributed by atoms with Gasteiger partial charge in [-0.25, -0.2) is 18.4 Å². The summed E-state index contributed by atoms with van der Waals surface area (Å²) >= 11 is 0. The number of halogens is 2. The first-order chi connectivity index (χ1) is 12.0. The highest BCUT2D eigenvalue weighted by atomic mass is 19.1. The van der Waals surface area contributed by atoms with Gasteiger partial charge in [0, 0.05) is 18.2 Å². The quantitative estimate of drug-likeness (QED) is 0.813. The van der Waals surface area contributed by atoms with Crippen LogP contribution < -0.4 is 15.4 Å². The minimum atomic E-state index is -1.08. The number of carbonyl (C=O) groups excluding carboxylic acids is 2. The van der Waals surface area contributed by atoms with Gasteiger partial charge in [0.2, 0.25) is 0 Å². The standard InChI is InChI=1S/C17H16F2N2O4/c1-24-15-6-4-3-5-10(15)9-20-17(23)21-14-7-11(16(22)25-2)12(18)8-13(14)19/h3-8H,9H2,1-2H3,(H2,20,21,23). The van der Waals surface area contributed by atoms with Crippen molar-refractivity contribution in [1.29, 1.82) is 0 Å². The van der Waals surface area contributed by atoms with Crippen molar-refractivity contribution >= 4 is 17.7 Å². The zero-order valence-electron chi connectivity index (χ0n) is 13.6. The molecule has 0 heterocycles. The number of anilines is 1. The molecule has 0 fully saturated rings. The van der Waals surface area contributed by atoms with Crippen molar-refractivity contribution in [2.75, 3.05) is 19.5 Å². The van der Waals surface area contributed by atoms with E-state index in [1.54, 1.807) is 24.3 Å². The Bertz CT molecular complexity index is 796. The number of urea groups is 1. The third-order valence-electron chi connectivity index (χ3n) is 3.34. The van der Waals surface area contributed by atoms with Gasteiger partial charge in [-0.1, -0.05) is 18.2 Å².